The van der Waals surface area contributed by atoms with E-state index in [1.54, 1.807) is 6.20 Å². The molecule has 0 saturated carbocycles. The largest absolute Gasteiger partial charge is 0.304 e. The summed E-state index contributed by atoms with van der Waals surface area (Å²) in [5.74, 6) is 0. The second-order valence-electron chi connectivity index (χ2n) is 8.79. The van der Waals surface area contributed by atoms with Gasteiger partial charge >= 0.3 is 0 Å². The van der Waals surface area contributed by atoms with Crippen LogP contribution in [0.15, 0.2) is 121 Å². The van der Waals surface area contributed by atoms with Gasteiger partial charge in [0.1, 0.15) is 16.3 Å². The predicted molar refractivity (Wildman–Crippen MR) is 149 cm³/mol. The van der Waals surface area contributed by atoms with Gasteiger partial charge in [-0.25, -0.2) is 9.97 Å². The van der Waals surface area contributed by atoms with Crippen molar-refractivity contribution in [3.63, 3.8) is 0 Å². The van der Waals surface area contributed by atoms with Crippen molar-refractivity contribution in [1.29, 1.82) is 0 Å². The summed E-state index contributed by atoms with van der Waals surface area (Å²) in [6.45, 7) is 0. The summed E-state index contributed by atoms with van der Waals surface area (Å²) in [6, 6.07) is 37.6. The van der Waals surface area contributed by atoms with Crippen LogP contribution in [0.25, 0.3) is 43.4 Å². The number of para-hydroxylation sites is 2. The molecule has 0 radical (unpaired) electrons. The van der Waals surface area contributed by atoms with Crippen LogP contribution in [0.4, 0.5) is 0 Å². The molecule has 0 aliphatic rings. The third-order valence-electron chi connectivity index (χ3n) is 6.75. The van der Waals surface area contributed by atoms with E-state index in [1.807, 2.05) is 91.0 Å². The Labute approximate surface area is 207 Å². The zero-order chi connectivity index (χ0) is 24.1. The molecule has 0 aliphatic heterocycles. The summed E-state index contributed by atoms with van der Waals surface area (Å²) >= 11 is 0. The number of nitrogens with zero attached hydrogens (tertiary/aromatic N) is 3. The van der Waals surface area contributed by atoms with Crippen LogP contribution in [0.5, 0.6) is 0 Å². The van der Waals surface area contributed by atoms with E-state index in [2.05, 4.69) is 29.2 Å². The Kier molecular flexibility index (Phi) is 4.70. The van der Waals surface area contributed by atoms with Crippen molar-refractivity contribution in [2.45, 2.75) is 0 Å². The van der Waals surface area contributed by atoms with Crippen molar-refractivity contribution in [3.8, 4) is 0 Å². The Hall–Kier alpha value is -4.40. The monoisotopic (exact) mass is 481 g/mol. The molecule has 0 spiro atoms. The van der Waals surface area contributed by atoms with Crippen LogP contribution in [0.2, 0.25) is 0 Å². The van der Waals surface area contributed by atoms with E-state index in [-0.39, 0.29) is 0 Å². The summed E-state index contributed by atoms with van der Waals surface area (Å²) in [6.07, 6.45) is 1.69. The highest BCUT2D eigenvalue weighted by molar-refractivity contribution is 7.85. The van der Waals surface area contributed by atoms with Gasteiger partial charge in [0, 0.05) is 27.7 Å². The lowest BCUT2D eigenvalue weighted by atomic mass is 10.1. The quantitative estimate of drug-likeness (QED) is 0.225. The van der Waals surface area contributed by atoms with Crippen LogP contribution in [0, 0.1) is 0 Å². The molecule has 0 amide bonds. The normalized spacial score (nSPS) is 12.0. The fraction of sp³-hybridized carbons (Fsp3) is 0. The maximum atomic E-state index is 15.7. The van der Waals surface area contributed by atoms with Crippen LogP contribution in [0.1, 0.15) is 0 Å². The van der Waals surface area contributed by atoms with Crippen molar-refractivity contribution >= 4 is 66.8 Å². The maximum Gasteiger partial charge on any atom is 0.224 e. The molecular formula is C31H20N3OP. The summed E-state index contributed by atoms with van der Waals surface area (Å²) in [5, 5.41) is 5.79. The second kappa shape index (κ2) is 8.08. The Morgan fingerprint density at radius 2 is 0.861 bits per heavy atom. The zero-order valence-electron chi connectivity index (χ0n) is 19.2. The molecule has 36 heavy (non-hydrogen) atoms. The van der Waals surface area contributed by atoms with E-state index in [9.17, 15) is 0 Å². The summed E-state index contributed by atoms with van der Waals surface area (Å²) in [5.41, 5.74) is 3.11. The fourth-order valence-corrected chi connectivity index (χ4v) is 7.84. The van der Waals surface area contributed by atoms with Crippen LogP contribution < -0.4 is 16.3 Å². The van der Waals surface area contributed by atoms with Gasteiger partial charge in [-0.15, -0.1) is 0 Å². The molecule has 4 aromatic carbocycles. The highest BCUT2D eigenvalue weighted by Crippen LogP contribution is 2.45. The Morgan fingerprint density at radius 3 is 1.33 bits per heavy atom. The van der Waals surface area contributed by atoms with Crippen molar-refractivity contribution in [3.05, 3.63) is 121 Å². The van der Waals surface area contributed by atoms with Crippen LogP contribution in [-0.2, 0) is 4.57 Å². The minimum atomic E-state index is -3.61. The third-order valence-corrected chi connectivity index (χ3v) is 9.53. The Morgan fingerprint density at radius 1 is 0.444 bits per heavy atom. The minimum absolute atomic E-state index is 0.478. The first-order valence-electron chi connectivity index (χ1n) is 11.8. The van der Waals surface area contributed by atoms with Crippen molar-refractivity contribution in [2.24, 2.45) is 0 Å². The van der Waals surface area contributed by atoms with Crippen molar-refractivity contribution < 1.29 is 4.57 Å². The SMILES string of the molecule is O=P(c1ccccn1)(c1nc2ccccc2c2ccccc12)c1nc2ccccc2c2ccccc12. The lowest BCUT2D eigenvalue weighted by Crippen LogP contribution is -2.31. The molecule has 0 saturated heterocycles. The average molecular weight is 481 g/mol. The highest BCUT2D eigenvalue weighted by Gasteiger charge is 2.38. The van der Waals surface area contributed by atoms with Crippen LogP contribution >= 0.6 is 7.14 Å². The fourth-order valence-electron chi connectivity index (χ4n) is 5.11. The first kappa shape index (κ1) is 20.9. The molecule has 4 nitrogen and oxygen atoms in total. The molecule has 3 heterocycles. The van der Waals surface area contributed by atoms with E-state index in [0.717, 1.165) is 43.4 Å². The minimum Gasteiger partial charge on any atom is -0.304 e. The highest BCUT2D eigenvalue weighted by atomic mass is 31.2. The summed E-state index contributed by atoms with van der Waals surface area (Å²) in [7, 11) is -3.61. The van der Waals surface area contributed by atoms with Gasteiger partial charge in [-0.2, -0.15) is 0 Å². The number of rotatable bonds is 3. The molecule has 0 bridgehead atoms. The number of hydrogen-bond acceptors (Lipinski definition) is 4. The molecule has 7 aromatic rings. The van der Waals surface area contributed by atoms with Gasteiger partial charge in [0.2, 0.25) is 7.14 Å². The van der Waals surface area contributed by atoms with E-state index < -0.39 is 7.14 Å². The molecule has 5 heteroatoms. The molecule has 0 unspecified atom stereocenters. The molecular weight excluding hydrogens is 461 g/mol. The van der Waals surface area contributed by atoms with E-state index >= 15 is 4.57 Å². The first-order valence-corrected chi connectivity index (χ1v) is 13.5. The molecule has 0 fully saturated rings. The van der Waals surface area contributed by atoms with Crippen LogP contribution in [-0.4, -0.2) is 15.0 Å². The van der Waals surface area contributed by atoms with Crippen molar-refractivity contribution in [1.82, 2.24) is 15.0 Å². The van der Waals surface area contributed by atoms with E-state index in [0.29, 0.717) is 16.3 Å². The number of aromatic nitrogens is 3. The van der Waals surface area contributed by atoms with Gasteiger partial charge < -0.3 is 4.57 Å². The molecule has 0 aliphatic carbocycles. The number of benzene rings is 4. The van der Waals surface area contributed by atoms with Gasteiger partial charge in [0.25, 0.3) is 0 Å². The van der Waals surface area contributed by atoms with Gasteiger partial charge in [-0.3, -0.25) is 4.98 Å². The summed E-state index contributed by atoms with van der Waals surface area (Å²) in [4.78, 5) is 14.8. The number of pyridine rings is 3. The average Bonchev–Trinajstić information content (AvgIpc) is 2.96. The van der Waals surface area contributed by atoms with E-state index in [1.165, 1.54) is 0 Å². The molecule has 0 atom stereocenters. The molecule has 7 rings (SSSR count). The topological polar surface area (TPSA) is 55.7 Å². The molecule has 3 aromatic heterocycles. The van der Waals surface area contributed by atoms with Gasteiger partial charge in [0.05, 0.1) is 11.0 Å². The first-order chi connectivity index (χ1) is 17.7. The predicted octanol–water partition coefficient (Wildman–Crippen LogP) is 6.12. The van der Waals surface area contributed by atoms with E-state index in [4.69, 9.17) is 9.97 Å². The van der Waals surface area contributed by atoms with Gasteiger partial charge in [0.15, 0.2) is 0 Å². The second-order valence-corrected chi connectivity index (χ2v) is 11.3. The van der Waals surface area contributed by atoms with Crippen molar-refractivity contribution in [2.75, 3.05) is 0 Å². The Balaban J connectivity index is 1.71. The van der Waals surface area contributed by atoms with Gasteiger partial charge in [-0.1, -0.05) is 91.0 Å². The molecule has 0 N–H and O–H groups in total. The molecule has 170 valence electrons. The van der Waals surface area contributed by atoms with Gasteiger partial charge in [-0.05, 0) is 35.0 Å². The lowest BCUT2D eigenvalue weighted by molar-refractivity contribution is 0.591. The summed E-state index contributed by atoms with van der Waals surface area (Å²) < 4.78 is 15.7. The third kappa shape index (κ3) is 3.02. The number of hydrogen-bond donors (Lipinski definition) is 0. The standard InChI is InChI=1S/C31H20N3OP/c35-36(29-19-9-10-20-32-29,30-25-15-3-1-11-21(25)23-13-5-7-17-27(23)33-30)31-26-16-4-2-12-22(26)24-14-6-8-18-28(24)34-31/h1-20H. The lowest BCUT2D eigenvalue weighted by Gasteiger charge is -2.22. The maximum absolute atomic E-state index is 15.7. The smallest absolute Gasteiger partial charge is 0.224 e. The van der Waals surface area contributed by atoms with Crippen LogP contribution in [0.3, 0.4) is 0 Å². The zero-order valence-corrected chi connectivity index (χ0v) is 20.1. The number of fused-ring (bicyclic) bond motifs is 6. The Bertz CT molecular complexity index is 1860.